The van der Waals surface area contributed by atoms with Gasteiger partial charge in [-0.25, -0.2) is 4.79 Å². The number of aliphatic hydroxyl groups excluding tert-OH is 1. The topological polar surface area (TPSA) is 46.5 Å². The van der Waals surface area contributed by atoms with Crippen molar-refractivity contribution in [1.82, 2.24) is 0 Å². The molecule has 0 aliphatic carbocycles. The zero-order valence-corrected chi connectivity index (χ0v) is 8.99. The summed E-state index contributed by atoms with van der Waals surface area (Å²) in [6.07, 6.45) is 1.28. The lowest BCUT2D eigenvalue weighted by Crippen LogP contribution is -2.06. The van der Waals surface area contributed by atoms with E-state index in [0.29, 0.717) is 10.6 Å². The molecule has 0 saturated carbocycles. The van der Waals surface area contributed by atoms with Crippen molar-refractivity contribution >= 4 is 23.6 Å². The number of aliphatic hydroxyl groups is 1. The van der Waals surface area contributed by atoms with Crippen molar-refractivity contribution in [3.05, 3.63) is 40.6 Å². The van der Waals surface area contributed by atoms with Gasteiger partial charge in [0.05, 0.1) is 6.61 Å². The molecular formula is C11H11ClO3. The van der Waals surface area contributed by atoms with Gasteiger partial charge in [0.15, 0.2) is 0 Å². The Balaban J connectivity index is 2.88. The van der Waals surface area contributed by atoms with E-state index in [2.05, 4.69) is 4.74 Å². The van der Waals surface area contributed by atoms with E-state index >= 15 is 0 Å². The van der Waals surface area contributed by atoms with E-state index in [-0.39, 0.29) is 6.61 Å². The molecule has 1 aromatic rings. The molecule has 1 rings (SSSR count). The number of esters is 1. The predicted molar refractivity (Wildman–Crippen MR) is 58.7 cm³/mol. The molecule has 1 N–H and O–H groups in total. The Morgan fingerprint density at radius 1 is 1.53 bits per heavy atom. The van der Waals surface area contributed by atoms with Crippen LogP contribution in [0.2, 0.25) is 5.02 Å². The first-order valence-electron chi connectivity index (χ1n) is 4.47. The Morgan fingerprint density at radius 2 is 2.20 bits per heavy atom. The van der Waals surface area contributed by atoms with Crippen LogP contribution in [-0.2, 0) is 9.53 Å². The molecule has 1 aromatic carbocycles. The molecule has 0 amide bonds. The largest absolute Gasteiger partial charge is 0.502 e. The number of hydrogen-bond donors (Lipinski definition) is 1. The SMILES string of the molecule is CCOC(=O)/C(O)=C/c1ccccc1Cl. The fourth-order valence-electron chi connectivity index (χ4n) is 1.00. The van der Waals surface area contributed by atoms with Crippen molar-refractivity contribution in [2.75, 3.05) is 6.61 Å². The van der Waals surface area contributed by atoms with Crippen LogP contribution in [0.4, 0.5) is 0 Å². The second-order valence-electron chi connectivity index (χ2n) is 2.77. The molecule has 3 nitrogen and oxygen atoms in total. The van der Waals surface area contributed by atoms with E-state index < -0.39 is 11.7 Å². The molecule has 0 heterocycles. The maximum Gasteiger partial charge on any atom is 0.373 e. The van der Waals surface area contributed by atoms with Crippen LogP contribution in [0.3, 0.4) is 0 Å². The van der Waals surface area contributed by atoms with Crippen molar-refractivity contribution < 1.29 is 14.6 Å². The predicted octanol–water partition coefficient (Wildman–Crippen LogP) is 2.80. The van der Waals surface area contributed by atoms with Crippen molar-refractivity contribution in [3.8, 4) is 0 Å². The van der Waals surface area contributed by atoms with Crippen molar-refractivity contribution in [3.63, 3.8) is 0 Å². The van der Waals surface area contributed by atoms with Crippen LogP contribution < -0.4 is 0 Å². The maximum absolute atomic E-state index is 11.1. The Bertz CT molecular complexity index is 385. The maximum atomic E-state index is 11.1. The molecule has 0 bridgehead atoms. The van der Waals surface area contributed by atoms with Gasteiger partial charge in [-0.1, -0.05) is 29.8 Å². The Labute approximate surface area is 92.9 Å². The first-order chi connectivity index (χ1) is 7.15. The number of ether oxygens (including phenoxy) is 1. The second-order valence-corrected chi connectivity index (χ2v) is 3.18. The summed E-state index contributed by atoms with van der Waals surface area (Å²) < 4.78 is 4.62. The number of halogens is 1. The Kier molecular flexibility index (Phi) is 4.18. The molecule has 80 valence electrons. The molecule has 0 spiro atoms. The molecule has 0 radical (unpaired) electrons. The molecule has 0 saturated heterocycles. The van der Waals surface area contributed by atoms with Crippen LogP contribution in [0, 0.1) is 0 Å². The van der Waals surface area contributed by atoms with Crippen LogP contribution in [0.1, 0.15) is 12.5 Å². The highest BCUT2D eigenvalue weighted by Crippen LogP contribution is 2.17. The van der Waals surface area contributed by atoms with Gasteiger partial charge in [-0.3, -0.25) is 0 Å². The van der Waals surface area contributed by atoms with Crippen LogP contribution >= 0.6 is 11.6 Å². The quantitative estimate of drug-likeness (QED) is 0.490. The van der Waals surface area contributed by atoms with Gasteiger partial charge in [-0.05, 0) is 24.6 Å². The first kappa shape index (κ1) is 11.6. The summed E-state index contributed by atoms with van der Waals surface area (Å²) in [7, 11) is 0. The smallest absolute Gasteiger partial charge is 0.373 e. The van der Waals surface area contributed by atoms with Gasteiger partial charge in [-0.2, -0.15) is 0 Å². The van der Waals surface area contributed by atoms with Crippen LogP contribution in [0.5, 0.6) is 0 Å². The fourth-order valence-corrected chi connectivity index (χ4v) is 1.19. The van der Waals surface area contributed by atoms with Crippen LogP contribution in [-0.4, -0.2) is 17.7 Å². The summed E-state index contributed by atoms with van der Waals surface area (Å²) in [6.45, 7) is 1.89. The third kappa shape index (κ3) is 3.29. The summed E-state index contributed by atoms with van der Waals surface area (Å²) in [5, 5.41) is 9.82. The molecule has 0 unspecified atom stereocenters. The fraction of sp³-hybridized carbons (Fsp3) is 0.182. The van der Waals surface area contributed by atoms with Crippen molar-refractivity contribution in [2.24, 2.45) is 0 Å². The average Bonchev–Trinajstić information content (AvgIpc) is 2.21. The zero-order valence-electron chi connectivity index (χ0n) is 8.24. The normalized spacial score (nSPS) is 11.2. The highest BCUT2D eigenvalue weighted by Gasteiger charge is 2.08. The van der Waals surface area contributed by atoms with E-state index in [1.807, 2.05) is 0 Å². The van der Waals surface area contributed by atoms with Gasteiger partial charge < -0.3 is 9.84 Å². The summed E-state index contributed by atoms with van der Waals surface area (Å²) >= 11 is 5.84. The van der Waals surface area contributed by atoms with E-state index in [4.69, 9.17) is 11.6 Å². The number of hydrogen-bond acceptors (Lipinski definition) is 3. The Morgan fingerprint density at radius 3 is 2.80 bits per heavy atom. The molecular weight excluding hydrogens is 216 g/mol. The van der Waals surface area contributed by atoms with Crippen LogP contribution in [0.25, 0.3) is 6.08 Å². The molecule has 0 atom stereocenters. The van der Waals surface area contributed by atoms with E-state index in [0.717, 1.165) is 0 Å². The summed E-state index contributed by atoms with van der Waals surface area (Å²) in [6, 6.07) is 6.89. The van der Waals surface area contributed by atoms with E-state index in [1.54, 1.807) is 31.2 Å². The summed E-state index contributed by atoms with van der Waals surface area (Å²) in [5.41, 5.74) is 0.574. The van der Waals surface area contributed by atoms with Gasteiger partial charge in [0.2, 0.25) is 5.76 Å². The standard InChI is InChI=1S/C11H11ClO3/c1-2-15-11(14)10(13)7-8-5-3-4-6-9(8)12/h3-7,13H,2H2,1H3/b10-7-. The van der Waals surface area contributed by atoms with Gasteiger partial charge in [0.25, 0.3) is 0 Å². The van der Waals surface area contributed by atoms with Crippen molar-refractivity contribution in [1.29, 1.82) is 0 Å². The number of carbonyl (C=O) groups is 1. The number of rotatable bonds is 3. The van der Waals surface area contributed by atoms with Crippen LogP contribution in [0.15, 0.2) is 30.0 Å². The molecule has 15 heavy (non-hydrogen) atoms. The van der Waals surface area contributed by atoms with Gasteiger partial charge in [0, 0.05) is 5.02 Å². The zero-order chi connectivity index (χ0) is 11.3. The molecule has 0 aliphatic rings. The lowest BCUT2D eigenvalue weighted by molar-refractivity contribution is -0.141. The monoisotopic (exact) mass is 226 g/mol. The first-order valence-corrected chi connectivity index (χ1v) is 4.85. The van der Waals surface area contributed by atoms with Gasteiger partial charge >= 0.3 is 5.97 Å². The minimum atomic E-state index is -0.752. The number of benzene rings is 1. The molecule has 0 aliphatic heterocycles. The third-order valence-electron chi connectivity index (χ3n) is 1.68. The Hall–Kier alpha value is -1.48. The summed E-state index contributed by atoms with van der Waals surface area (Å²) in [5.74, 6) is -1.21. The minimum absolute atomic E-state index is 0.221. The molecule has 0 fully saturated rings. The van der Waals surface area contributed by atoms with Crippen molar-refractivity contribution in [2.45, 2.75) is 6.92 Å². The molecule has 0 aromatic heterocycles. The number of carbonyl (C=O) groups excluding carboxylic acids is 1. The van der Waals surface area contributed by atoms with E-state index in [9.17, 15) is 9.90 Å². The molecule has 4 heteroatoms. The van der Waals surface area contributed by atoms with Gasteiger partial charge in [0.1, 0.15) is 0 Å². The average molecular weight is 227 g/mol. The highest BCUT2D eigenvalue weighted by atomic mass is 35.5. The second kappa shape index (κ2) is 5.41. The third-order valence-corrected chi connectivity index (χ3v) is 2.03. The minimum Gasteiger partial charge on any atom is -0.502 e. The van der Waals surface area contributed by atoms with Gasteiger partial charge in [-0.15, -0.1) is 0 Å². The van der Waals surface area contributed by atoms with E-state index in [1.165, 1.54) is 6.08 Å². The lowest BCUT2D eigenvalue weighted by atomic mass is 10.2. The lowest BCUT2D eigenvalue weighted by Gasteiger charge is -2.01. The highest BCUT2D eigenvalue weighted by molar-refractivity contribution is 6.32. The summed E-state index contributed by atoms with van der Waals surface area (Å²) in [4.78, 5) is 11.1.